The lowest BCUT2D eigenvalue weighted by Crippen LogP contribution is -2.46. The van der Waals surface area contributed by atoms with Gasteiger partial charge in [0.25, 0.3) is 0 Å². The average Bonchev–Trinajstić information content (AvgIpc) is 3.15. The number of aromatic nitrogens is 1. The molecule has 22 heavy (non-hydrogen) atoms. The van der Waals surface area contributed by atoms with Crippen molar-refractivity contribution in [2.24, 2.45) is 11.8 Å². The van der Waals surface area contributed by atoms with E-state index < -0.39 is 0 Å². The Bertz CT molecular complexity index is 516. The van der Waals surface area contributed by atoms with Gasteiger partial charge in [0.05, 0.1) is 6.20 Å². The molecule has 1 saturated carbocycles. The van der Waals surface area contributed by atoms with Crippen molar-refractivity contribution in [2.45, 2.75) is 38.6 Å². The van der Waals surface area contributed by atoms with Crippen LogP contribution in [0, 0.1) is 11.8 Å². The molecule has 1 unspecified atom stereocenters. The summed E-state index contributed by atoms with van der Waals surface area (Å²) in [4.78, 5) is 15.1. The van der Waals surface area contributed by atoms with Crippen LogP contribution in [0.25, 0.3) is 0 Å². The lowest BCUT2D eigenvalue weighted by atomic mass is 10.1. The van der Waals surface area contributed by atoms with E-state index in [0.717, 1.165) is 50.1 Å². The number of nitrogens with one attached hydrogen (secondary N) is 2. The minimum atomic E-state index is 0.0622. The number of carbonyl (C=O) groups is 1. The summed E-state index contributed by atoms with van der Waals surface area (Å²) in [5, 5.41) is 6.20. The number of rotatable bonds is 8. The zero-order valence-corrected chi connectivity index (χ0v) is 13.2. The Morgan fingerprint density at radius 3 is 3.05 bits per heavy atom. The van der Waals surface area contributed by atoms with Gasteiger partial charge in [0, 0.05) is 25.7 Å². The SMILES string of the molecule is CC(=O)NCC[C@@H]1C[C@H]1Cc1cncc(OCC2CCN2)c1. The summed E-state index contributed by atoms with van der Waals surface area (Å²) < 4.78 is 5.80. The third-order valence-corrected chi connectivity index (χ3v) is 4.60. The molecule has 1 aliphatic carbocycles. The molecule has 0 radical (unpaired) electrons. The van der Waals surface area contributed by atoms with E-state index in [1.54, 1.807) is 13.1 Å². The molecule has 1 saturated heterocycles. The Balaban J connectivity index is 1.40. The highest BCUT2D eigenvalue weighted by molar-refractivity contribution is 5.72. The number of carbonyl (C=O) groups excluding carboxylic acids is 1. The second-order valence-electron chi connectivity index (χ2n) is 6.51. The van der Waals surface area contributed by atoms with Gasteiger partial charge in [-0.1, -0.05) is 0 Å². The van der Waals surface area contributed by atoms with Gasteiger partial charge in [-0.3, -0.25) is 9.78 Å². The van der Waals surface area contributed by atoms with Gasteiger partial charge in [0.1, 0.15) is 12.4 Å². The van der Waals surface area contributed by atoms with Crippen molar-refractivity contribution in [2.75, 3.05) is 19.7 Å². The van der Waals surface area contributed by atoms with Crippen LogP contribution in [0.15, 0.2) is 18.5 Å². The molecule has 0 aromatic carbocycles. The van der Waals surface area contributed by atoms with E-state index in [1.807, 2.05) is 6.20 Å². The summed E-state index contributed by atoms with van der Waals surface area (Å²) in [5.41, 5.74) is 1.26. The highest BCUT2D eigenvalue weighted by atomic mass is 16.5. The van der Waals surface area contributed by atoms with Gasteiger partial charge in [0.2, 0.25) is 5.91 Å². The standard InChI is InChI=1S/C17H25N3O2/c1-12(21)19-4-2-14-8-15(14)6-13-7-17(10-18-9-13)22-11-16-3-5-20-16/h7,9-10,14-16,20H,2-6,8,11H2,1H3,(H,19,21)/t14-,15-,16?/m1/s1. The summed E-state index contributed by atoms with van der Waals surface area (Å²) in [7, 11) is 0. The normalized spacial score (nSPS) is 26.1. The molecule has 1 amide bonds. The second-order valence-corrected chi connectivity index (χ2v) is 6.51. The third-order valence-electron chi connectivity index (χ3n) is 4.60. The molecule has 0 spiro atoms. The Hall–Kier alpha value is -1.62. The minimum absolute atomic E-state index is 0.0622. The molecule has 2 heterocycles. The first-order valence-electron chi connectivity index (χ1n) is 8.25. The fourth-order valence-corrected chi connectivity index (χ4v) is 2.99. The molecule has 1 aromatic rings. The van der Waals surface area contributed by atoms with Gasteiger partial charge in [-0.25, -0.2) is 0 Å². The highest BCUT2D eigenvalue weighted by Gasteiger charge is 2.36. The van der Waals surface area contributed by atoms with Crippen LogP contribution in [0.1, 0.15) is 31.7 Å². The maximum Gasteiger partial charge on any atom is 0.216 e. The third kappa shape index (κ3) is 4.44. The first-order chi connectivity index (χ1) is 10.7. The maximum absolute atomic E-state index is 10.9. The van der Waals surface area contributed by atoms with Gasteiger partial charge in [0.15, 0.2) is 0 Å². The Kier molecular flexibility index (Phi) is 4.93. The fraction of sp³-hybridized carbons (Fsp3) is 0.647. The zero-order valence-electron chi connectivity index (χ0n) is 13.2. The van der Waals surface area contributed by atoms with Gasteiger partial charge in [-0.15, -0.1) is 0 Å². The van der Waals surface area contributed by atoms with Crippen molar-refractivity contribution in [3.05, 3.63) is 24.0 Å². The van der Waals surface area contributed by atoms with E-state index in [9.17, 15) is 4.79 Å². The molecular weight excluding hydrogens is 278 g/mol. The summed E-state index contributed by atoms with van der Waals surface area (Å²) >= 11 is 0. The van der Waals surface area contributed by atoms with Crippen LogP contribution >= 0.6 is 0 Å². The largest absolute Gasteiger partial charge is 0.490 e. The molecule has 2 aliphatic rings. The van der Waals surface area contributed by atoms with E-state index >= 15 is 0 Å². The zero-order chi connectivity index (χ0) is 15.4. The smallest absolute Gasteiger partial charge is 0.216 e. The first kappa shape index (κ1) is 15.3. The molecule has 5 nitrogen and oxygen atoms in total. The molecule has 5 heteroatoms. The van der Waals surface area contributed by atoms with Crippen molar-refractivity contribution < 1.29 is 9.53 Å². The van der Waals surface area contributed by atoms with Crippen LogP contribution < -0.4 is 15.4 Å². The molecular formula is C17H25N3O2. The number of ether oxygens (including phenoxy) is 1. The summed E-state index contributed by atoms with van der Waals surface area (Å²) in [6.07, 6.45) is 8.35. The average molecular weight is 303 g/mol. The van der Waals surface area contributed by atoms with Crippen LogP contribution in [-0.4, -0.2) is 36.6 Å². The second kappa shape index (κ2) is 7.09. The van der Waals surface area contributed by atoms with E-state index in [4.69, 9.17) is 4.74 Å². The van der Waals surface area contributed by atoms with E-state index in [1.165, 1.54) is 18.4 Å². The van der Waals surface area contributed by atoms with Gasteiger partial charge < -0.3 is 15.4 Å². The molecule has 1 aliphatic heterocycles. The van der Waals surface area contributed by atoms with Crippen LogP contribution in [0.4, 0.5) is 0 Å². The Morgan fingerprint density at radius 1 is 1.45 bits per heavy atom. The van der Waals surface area contributed by atoms with E-state index in [0.29, 0.717) is 6.04 Å². The number of hydrogen-bond acceptors (Lipinski definition) is 4. The summed E-state index contributed by atoms with van der Waals surface area (Å²) in [6, 6.07) is 2.62. The van der Waals surface area contributed by atoms with Crippen LogP contribution in [0.5, 0.6) is 5.75 Å². The van der Waals surface area contributed by atoms with Crippen molar-refractivity contribution in [1.29, 1.82) is 0 Å². The van der Waals surface area contributed by atoms with Crippen LogP contribution in [-0.2, 0) is 11.2 Å². The highest BCUT2D eigenvalue weighted by Crippen LogP contribution is 2.43. The van der Waals surface area contributed by atoms with E-state index in [-0.39, 0.29) is 5.91 Å². The molecule has 3 atom stereocenters. The van der Waals surface area contributed by atoms with Crippen LogP contribution in [0.2, 0.25) is 0 Å². The number of hydrogen-bond donors (Lipinski definition) is 2. The van der Waals surface area contributed by atoms with Crippen molar-refractivity contribution in [1.82, 2.24) is 15.6 Å². The summed E-state index contributed by atoms with van der Waals surface area (Å²) in [5.74, 6) is 2.42. The number of amides is 1. The van der Waals surface area contributed by atoms with Gasteiger partial charge >= 0.3 is 0 Å². The van der Waals surface area contributed by atoms with Crippen molar-refractivity contribution in [3.8, 4) is 5.75 Å². The minimum Gasteiger partial charge on any atom is -0.490 e. The van der Waals surface area contributed by atoms with Crippen LogP contribution in [0.3, 0.4) is 0 Å². The molecule has 3 rings (SSSR count). The van der Waals surface area contributed by atoms with Crippen molar-refractivity contribution >= 4 is 5.91 Å². The molecule has 1 aromatic heterocycles. The molecule has 120 valence electrons. The molecule has 0 bridgehead atoms. The molecule has 2 fully saturated rings. The Morgan fingerprint density at radius 2 is 2.32 bits per heavy atom. The quantitative estimate of drug-likeness (QED) is 0.764. The first-order valence-corrected chi connectivity index (χ1v) is 8.25. The lowest BCUT2D eigenvalue weighted by Gasteiger charge is -2.27. The van der Waals surface area contributed by atoms with Gasteiger partial charge in [-0.05, 0) is 55.7 Å². The number of pyridine rings is 1. The maximum atomic E-state index is 10.9. The van der Waals surface area contributed by atoms with Gasteiger partial charge in [-0.2, -0.15) is 0 Å². The number of nitrogens with zero attached hydrogens (tertiary/aromatic N) is 1. The Labute approximate surface area is 131 Å². The predicted molar refractivity (Wildman–Crippen MR) is 84.7 cm³/mol. The topological polar surface area (TPSA) is 63.2 Å². The molecule has 2 N–H and O–H groups in total. The fourth-order valence-electron chi connectivity index (χ4n) is 2.99. The predicted octanol–water partition coefficient (Wildman–Crippen LogP) is 1.53. The summed E-state index contributed by atoms with van der Waals surface area (Å²) in [6.45, 7) is 4.20. The monoisotopic (exact) mass is 303 g/mol. The lowest BCUT2D eigenvalue weighted by molar-refractivity contribution is -0.118. The van der Waals surface area contributed by atoms with Crippen molar-refractivity contribution in [3.63, 3.8) is 0 Å². The van der Waals surface area contributed by atoms with E-state index in [2.05, 4.69) is 21.7 Å².